The maximum atomic E-state index is 6.51. The van der Waals surface area contributed by atoms with Crippen molar-refractivity contribution in [1.29, 1.82) is 0 Å². The second-order valence-electron chi connectivity index (χ2n) is 5.85. The molecule has 2 N–H and O–H groups in total. The molecule has 0 aromatic carbocycles. The van der Waals surface area contributed by atoms with Crippen LogP contribution >= 0.6 is 0 Å². The van der Waals surface area contributed by atoms with Gasteiger partial charge in [-0.3, -0.25) is 0 Å². The summed E-state index contributed by atoms with van der Waals surface area (Å²) in [5, 5.41) is 0. The van der Waals surface area contributed by atoms with Crippen LogP contribution < -0.4 is 5.73 Å². The smallest absolute Gasteiger partial charge is 0.0589 e. The van der Waals surface area contributed by atoms with E-state index in [1.807, 2.05) is 0 Å². The predicted molar refractivity (Wildman–Crippen MR) is 79.4 cm³/mol. The Kier molecular flexibility index (Phi) is 8.62. The highest BCUT2D eigenvalue weighted by Crippen LogP contribution is 2.28. The molecule has 0 unspecified atom stereocenters. The summed E-state index contributed by atoms with van der Waals surface area (Å²) in [6, 6.07) is 0. The van der Waals surface area contributed by atoms with Crippen LogP contribution in [0.15, 0.2) is 0 Å². The molecule has 1 aliphatic rings. The minimum atomic E-state index is 0.0881. The second kappa shape index (κ2) is 9.70. The summed E-state index contributed by atoms with van der Waals surface area (Å²) in [5.41, 5.74) is 6.60. The zero-order chi connectivity index (χ0) is 14.0. The van der Waals surface area contributed by atoms with Crippen molar-refractivity contribution in [3.8, 4) is 0 Å². The Balaban J connectivity index is 2.28. The fourth-order valence-electron chi connectivity index (χ4n) is 2.87. The standard InChI is InChI=1S/C15H32N2O2/c1-18-13-6-10-17(12-14-19-2)11-9-15(16)7-4-3-5-8-15/h3-14,16H2,1-2H3. The molecule has 4 nitrogen and oxygen atoms in total. The van der Waals surface area contributed by atoms with Crippen LogP contribution in [0.3, 0.4) is 0 Å². The van der Waals surface area contributed by atoms with Crippen molar-refractivity contribution in [2.45, 2.75) is 50.5 Å². The van der Waals surface area contributed by atoms with E-state index in [9.17, 15) is 0 Å². The molecule has 1 aliphatic carbocycles. The molecule has 4 heteroatoms. The van der Waals surface area contributed by atoms with Crippen LogP contribution in [0, 0.1) is 0 Å². The van der Waals surface area contributed by atoms with E-state index < -0.39 is 0 Å². The first kappa shape index (κ1) is 16.9. The minimum absolute atomic E-state index is 0.0881. The van der Waals surface area contributed by atoms with Crippen molar-refractivity contribution in [2.75, 3.05) is 47.1 Å². The largest absolute Gasteiger partial charge is 0.385 e. The van der Waals surface area contributed by atoms with Gasteiger partial charge in [-0.2, -0.15) is 0 Å². The van der Waals surface area contributed by atoms with Crippen molar-refractivity contribution in [2.24, 2.45) is 5.73 Å². The van der Waals surface area contributed by atoms with Crippen molar-refractivity contribution in [3.05, 3.63) is 0 Å². The zero-order valence-corrected chi connectivity index (χ0v) is 12.8. The summed E-state index contributed by atoms with van der Waals surface area (Å²) in [6.45, 7) is 4.79. The SMILES string of the molecule is COCCCN(CCOC)CCC1(N)CCCCC1. The van der Waals surface area contributed by atoms with E-state index in [1.54, 1.807) is 14.2 Å². The Bertz CT molecular complexity index is 218. The van der Waals surface area contributed by atoms with E-state index >= 15 is 0 Å². The van der Waals surface area contributed by atoms with E-state index in [0.29, 0.717) is 0 Å². The number of hydrogen-bond acceptors (Lipinski definition) is 4. The third-order valence-electron chi connectivity index (χ3n) is 4.21. The number of ether oxygens (including phenoxy) is 2. The van der Waals surface area contributed by atoms with Gasteiger partial charge in [0.2, 0.25) is 0 Å². The van der Waals surface area contributed by atoms with E-state index in [-0.39, 0.29) is 5.54 Å². The summed E-state index contributed by atoms with van der Waals surface area (Å²) in [6.07, 6.45) is 8.56. The first-order valence-electron chi connectivity index (χ1n) is 7.69. The Morgan fingerprint density at radius 1 is 0.947 bits per heavy atom. The van der Waals surface area contributed by atoms with Crippen molar-refractivity contribution in [3.63, 3.8) is 0 Å². The lowest BCUT2D eigenvalue weighted by molar-refractivity contribution is 0.123. The van der Waals surface area contributed by atoms with Gasteiger partial charge in [-0.05, 0) is 32.2 Å². The second-order valence-corrected chi connectivity index (χ2v) is 5.85. The molecule has 0 saturated heterocycles. The quantitative estimate of drug-likeness (QED) is 0.618. The third-order valence-corrected chi connectivity index (χ3v) is 4.21. The van der Waals surface area contributed by atoms with Crippen LogP contribution in [0.4, 0.5) is 0 Å². The monoisotopic (exact) mass is 272 g/mol. The molecule has 0 radical (unpaired) electrons. The molecular weight excluding hydrogens is 240 g/mol. The number of hydrogen-bond donors (Lipinski definition) is 1. The summed E-state index contributed by atoms with van der Waals surface area (Å²) in [4.78, 5) is 2.46. The molecule has 0 aromatic rings. The zero-order valence-electron chi connectivity index (χ0n) is 12.8. The van der Waals surface area contributed by atoms with E-state index in [2.05, 4.69) is 4.90 Å². The molecule has 0 aliphatic heterocycles. The highest BCUT2D eigenvalue weighted by molar-refractivity contribution is 4.88. The number of rotatable bonds is 10. The first-order chi connectivity index (χ1) is 9.20. The van der Waals surface area contributed by atoms with Gasteiger partial charge < -0.3 is 20.1 Å². The third kappa shape index (κ3) is 7.25. The van der Waals surface area contributed by atoms with Gasteiger partial charge in [0.25, 0.3) is 0 Å². The van der Waals surface area contributed by atoms with E-state index in [1.165, 1.54) is 32.1 Å². The van der Waals surface area contributed by atoms with Crippen molar-refractivity contribution in [1.82, 2.24) is 4.90 Å². The van der Waals surface area contributed by atoms with Gasteiger partial charge in [0.05, 0.1) is 6.61 Å². The number of methoxy groups -OCH3 is 2. The fraction of sp³-hybridized carbons (Fsp3) is 1.00. The number of nitrogens with zero attached hydrogens (tertiary/aromatic N) is 1. The van der Waals surface area contributed by atoms with Crippen LogP contribution in [-0.2, 0) is 9.47 Å². The molecular formula is C15H32N2O2. The van der Waals surface area contributed by atoms with Gasteiger partial charge in [-0.15, -0.1) is 0 Å². The van der Waals surface area contributed by atoms with E-state index in [0.717, 1.165) is 45.7 Å². The van der Waals surface area contributed by atoms with E-state index in [4.69, 9.17) is 15.2 Å². The summed E-state index contributed by atoms with van der Waals surface area (Å²) in [7, 11) is 3.52. The molecule has 19 heavy (non-hydrogen) atoms. The predicted octanol–water partition coefficient (Wildman–Crippen LogP) is 2.02. The molecule has 0 heterocycles. The van der Waals surface area contributed by atoms with Crippen molar-refractivity contribution >= 4 is 0 Å². The Hall–Kier alpha value is -0.160. The maximum Gasteiger partial charge on any atom is 0.0589 e. The molecule has 0 spiro atoms. The summed E-state index contributed by atoms with van der Waals surface area (Å²) < 4.78 is 10.3. The molecule has 1 saturated carbocycles. The van der Waals surface area contributed by atoms with Crippen LogP contribution in [-0.4, -0.2) is 57.5 Å². The minimum Gasteiger partial charge on any atom is -0.385 e. The van der Waals surface area contributed by atoms with Crippen molar-refractivity contribution < 1.29 is 9.47 Å². The topological polar surface area (TPSA) is 47.7 Å². The highest BCUT2D eigenvalue weighted by atomic mass is 16.5. The molecule has 0 atom stereocenters. The molecule has 1 fully saturated rings. The molecule has 114 valence electrons. The first-order valence-corrected chi connectivity index (χ1v) is 7.69. The summed E-state index contributed by atoms with van der Waals surface area (Å²) >= 11 is 0. The van der Waals surface area contributed by atoms with Gasteiger partial charge in [0.15, 0.2) is 0 Å². The fourth-order valence-corrected chi connectivity index (χ4v) is 2.87. The summed E-state index contributed by atoms with van der Waals surface area (Å²) in [5.74, 6) is 0. The average molecular weight is 272 g/mol. The van der Waals surface area contributed by atoms with Crippen LogP contribution in [0.5, 0.6) is 0 Å². The van der Waals surface area contributed by atoms with Gasteiger partial charge in [0, 0.05) is 39.5 Å². The van der Waals surface area contributed by atoms with Crippen LogP contribution in [0.2, 0.25) is 0 Å². The average Bonchev–Trinajstić information content (AvgIpc) is 2.42. The molecule has 0 amide bonds. The highest BCUT2D eigenvalue weighted by Gasteiger charge is 2.27. The van der Waals surface area contributed by atoms with Gasteiger partial charge in [-0.25, -0.2) is 0 Å². The van der Waals surface area contributed by atoms with Crippen LogP contribution in [0.1, 0.15) is 44.9 Å². The Morgan fingerprint density at radius 2 is 1.63 bits per heavy atom. The van der Waals surface area contributed by atoms with Gasteiger partial charge in [-0.1, -0.05) is 19.3 Å². The number of nitrogens with two attached hydrogens (primary N) is 1. The molecule has 0 bridgehead atoms. The van der Waals surface area contributed by atoms with Gasteiger partial charge in [0.1, 0.15) is 0 Å². The normalized spacial score (nSPS) is 18.9. The molecule has 0 aromatic heterocycles. The lowest BCUT2D eigenvalue weighted by atomic mass is 9.80. The van der Waals surface area contributed by atoms with Crippen LogP contribution in [0.25, 0.3) is 0 Å². The molecule has 1 rings (SSSR count). The maximum absolute atomic E-state index is 6.51. The van der Waals surface area contributed by atoms with Gasteiger partial charge >= 0.3 is 0 Å². The Morgan fingerprint density at radius 3 is 2.26 bits per heavy atom. The lowest BCUT2D eigenvalue weighted by Crippen LogP contribution is -2.45. The Labute approximate surface area is 118 Å². The lowest BCUT2D eigenvalue weighted by Gasteiger charge is -2.35.